The molecule has 2 rings (SSSR count). The van der Waals surface area contributed by atoms with E-state index in [9.17, 15) is 0 Å². The summed E-state index contributed by atoms with van der Waals surface area (Å²) in [6, 6.07) is 3.27. The van der Waals surface area contributed by atoms with Crippen molar-refractivity contribution in [3.8, 4) is 5.82 Å². The summed E-state index contributed by atoms with van der Waals surface area (Å²) in [7, 11) is 0. The molecule has 0 amide bonds. The van der Waals surface area contributed by atoms with Crippen LogP contribution in [0.25, 0.3) is 5.82 Å². The Morgan fingerprint density at radius 3 is 3.00 bits per heavy atom. The summed E-state index contributed by atoms with van der Waals surface area (Å²) in [5.41, 5.74) is -0.0944. The highest BCUT2D eigenvalue weighted by molar-refractivity contribution is 5.17. The SMILES string of the molecule is N=c1nnc2cccn(O)n1-2. The first-order chi connectivity index (χ1) is 5.29. The Bertz CT molecular complexity index is 402. The molecule has 0 atom stereocenters. The maximum absolute atomic E-state index is 9.12. The molecule has 6 heteroatoms. The van der Waals surface area contributed by atoms with Crippen molar-refractivity contribution in [2.24, 2.45) is 0 Å². The largest absolute Gasteiger partial charge is 0.413 e. The van der Waals surface area contributed by atoms with Gasteiger partial charge >= 0.3 is 0 Å². The molecule has 0 unspecified atom stereocenters. The Morgan fingerprint density at radius 1 is 1.45 bits per heavy atom. The van der Waals surface area contributed by atoms with Crippen LogP contribution in [-0.2, 0) is 0 Å². The third-order valence-electron chi connectivity index (χ3n) is 1.33. The van der Waals surface area contributed by atoms with E-state index in [-0.39, 0.29) is 5.62 Å². The van der Waals surface area contributed by atoms with E-state index in [1.807, 2.05) is 0 Å². The zero-order valence-electron chi connectivity index (χ0n) is 5.47. The monoisotopic (exact) mass is 151 g/mol. The third-order valence-corrected chi connectivity index (χ3v) is 1.33. The number of hydrogen-bond acceptors (Lipinski definition) is 4. The first kappa shape index (κ1) is 5.90. The fourth-order valence-corrected chi connectivity index (χ4v) is 0.871. The highest BCUT2D eigenvalue weighted by Gasteiger charge is 2.06. The molecule has 2 aliphatic heterocycles. The normalized spacial score (nSPS) is 10.5. The fraction of sp³-hybridized carbons (Fsp3) is 0. The van der Waals surface area contributed by atoms with Gasteiger partial charge in [-0.15, -0.1) is 15.0 Å². The van der Waals surface area contributed by atoms with Crippen molar-refractivity contribution < 1.29 is 5.21 Å². The molecule has 0 aromatic heterocycles. The van der Waals surface area contributed by atoms with Crippen molar-refractivity contribution in [1.82, 2.24) is 19.7 Å². The van der Waals surface area contributed by atoms with Crippen LogP contribution in [0.2, 0.25) is 0 Å². The molecule has 6 nitrogen and oxygen atoms in total. The quantitative estimate of drug-likeness (QED) is 0.485. The van der Waals surface area contributed by atoms with Gasteiger partial charge in [0.05, 0.1) is 6.20 Å². The van der Waals surface area contributed by atoms with Crippen LogP contribution in [0.5, 0.6) is 0 Å². The van der Waals surface area contributed by atoms with Crippen molar-refractivity contribution in [2.75, 3.05) is 0 Å². The lowest BCUT2D eigenvalue weighted by Crippen LogP contribution is -2.23. The van der Waals surface area contributed by atoms with E-state index in [2.05, 4.69) is 10.2 Å². The summed E-state index contributed by atoms with van der Waals surface area (Å²) in [6.07, 6.45) is 1.40. The van der Waals surface area contributed by atoms with Gasteiger partial charge in [0.2, 0.25) is 0 Å². The maximum Gasteiger partial charge on any atom is 0.265 e. The molecule has 0 saturated carbocycles. The van der Waals surface area contributed by atoms with Crippen LogP contribution in [0, 0.1) is 5.41 Å². The van der Waals surface area contributed by atoms with E-state index in [0.717, 1.165) is 4.85 Å². The van der Waals surface area contributed by atoms with Gasteiger partial charge < -0.3 is 5.21 Å². The Hall–Kier alpha value is -1.85. The zero-order valence-corrected chi connectivity index (χ0v) is 5.47. The van der Waals surface area contributed by atoms with Crippen LogP contribution in [-0.4, -0.2) is 24.9 Å². The molecule has 2 aliphatic rings. The van der Waals surface area contributed by atoms with Crippen LogP contribution >= 0.6 is 0 Å². The Morgan fingerprint density at radius 2 is 2.27 bits per heavy atom. The lowest BCUT2D eigenvalue weighted by molar-refractivity contribution is 0.119. The second kappa shape index (κ2) is 1.82. The lowest BCUT2D eigenvalue weighted by Gasteiger charge is -2.03. The van der Waals surface area contributed by atoms with Gasteiger partial charge in [-0.2, -0.15) is 4.68 Å². The molecule has 2 heterocycles. The number of rotatable bonds is 0. The van der Waals surface area contributed by atoms with Crippen molar-refractivity contribution in [2.45, 2.75) is 0 Å². The molecule has 2 N–H and O–H groups in total. The summed E-state index contributed by atoms with van der Waals surface area (Å²) in [4.78, 5) is 0.762. The standard InChI is InChI=1S/C5H5N5O/c6-5-8-7-4-2-1-3-9(11)10(4)5/h1-3,6,11H. The maximum atomic E-state index is 9.12. The summed E-state index contributed by atoms with van der Waals surface area (Å²) >= 11 is 0. The van der Waals surface area contributed by atoms with E-state index in [4.69, 9.17) is 10.6 Å². The minimum Gasteiger partial charge on any atom is -0.413 e. The van der Waals surface area contributed by atoms with Crippen LogP contribution in [0.15, 0.2) is 18.3 Å². The minimum atomic E-state index is -0.0944. The molecular formula is C5H5N5O. The molecule has 0 spiro atoms. The van der Waals surface area contributed by atoms with Gasteiger partial charge in [0.1, 0.15) is 0 Å². The fourth-order valence-electron chi connectivity index (χ4n) is 0.871. The van der Waals surface area contributed by atoms with Gasteiger partial charge in [-0.1, -0.05) is 0 Å². The van der Waals surface area contributed by atoms with E-state index in [1.165, 1.54) is 10.9 Å². The number of fused-ring (bicyclic) bond motifs is 1. The van der Waals surface area contributed by atoms with E-state index < -0.39 is 0 Å². The van der Waals surface area contributed by atoms with Crippen LogP contribution in [0.3, 0.4) is 0 Å². The number of nitrogens with zero attached hydrogens (tertiary/aromatic N) is 4. The molecule has 0 radical (unpaired) electrons. The van der Waals surface area contributed by atoms with Crippen LogP contribution in [0.4, 0.5) is 0 Å². The number of aromatic nitrogens is 4. The predicted octanol–water partition coefficient (Wildman–Crippen LogP) is -0.777. The molecule has 0 aromatic carbocycles. The highest BCUT2D eigenvalue weighted by Crippen LogP contribution is 1.97. The van der Waals surface area contributed by atoms with Gasteiger partial charge in [-0.3, -0.25) is 5.41 Å². The number of hydrogen-bond donors (Lipinski definition) is 2. The summed E-state index contributed by atoms with van der Waals surface area (Å²) in [6.45, 7) is 0. The van der Waals surface area contributed by atoms with E-state index in [1.54, 1.807) is 12.1 Å². The van der Waals surface area contributed by atoms with Crippen molar-refractivity contribution in [1.29, 1.82) is 5.41 Å². The van der Waals surface area contributed by atoms with Crippen molar-refractivity contribution in [3.63, 3.8) is 0 Å². The second-order valence-corrected chi connectivity index (χ2v) is 2.02. The van der Waals surface area contributed by atoms with E-state index in [0.29, 0.717) is 5.82 Å². The zero-order chi connectivity index (χ0) is 7.84. The summed E-state index contributed by atoms with van der Waals surface area (Å²) in [5, 5.41) is 23.4. The molecular weight excluding hydrogens is 146 g/mol. The summed E-state index contributed by atoms with van der Waals surface area (Å²) in [5.74, 6) is 0.444. The lowest BCUT2D eigenvalue weighted by atomic mass is 10.5. The molecule has 0 aromatic rings. The average molecular weight is 151 g/mol. The first-order valence-electron chi connectivity index (χ1n) is 2.96. The topological polar surface area (TPSA) is 79.7 Å². The van der Waals surface area contributed by atoms with Gasteiger partial charge in [0, 0.05) is 0 Å². The minimum absolute atomic E-state index is 0.0944. The van der Waals surface area contributed by atoms with E-state index >= 15 is 0 Å². The molecule has 0 fully saturated rings. The second-order valence-electron chi connectivity index (χ2n) is 2.02. The van der Waals surface area contributed by atoms with Gasteiger partial charge in [-0.05, 0) is 12.1 Å². The predicted molar refractivity (Wildman–Crippen MR) is 33.6 cm³/mol. The molecule has 56 valence electrons. The molecule has 0 saturated heterocycles. The average Bonchev–Trinajstić information content (AvgIpc) is 2.34. The Labute approximate surface area is 61.1 Å². The Kier molecular flexibility index (Phi) is 0.974. The molecule has 0 aliphatic carbocycles. The third kappa shape index (κ3) is 0.689. The van der Waals surface area contributed by atoms with Gasteiger partial charge in [0.25, 0.3) is 5.62 Å². The molecule has 0 bridgehead atoms. The Balaban J connectivity index is 2.93. The van der Waals surface area contributed by atoms with Crippen LogP contribution in [0.1, 0.15) is 0 Å². The smallest absolute Gasteiger partial charge is 0.265 e. The van der Waals surface area contributed by atoms with Crippen LogP contribution < -0.4 is 5.62 Å². The number of nitrogens with one attached hydrogen (secondary N) is 1. The van der Waals surface area contributed by atoms with Crippen molar-refractivity contribution in [3.05, 3.63) is 23.9 Å². The highest BCUT2D eigenvalue weighted by atomic mass is 16.5. The van der Waals surface area contributed by atoms with Gasteiger partial charge in [0.15, 0.2) is 5.82 Å². The molecule has 11 heavy (non-hydrogen) atoms. The first-order valence-corrected chi connectivity index (χ1v) is 2.96. The van der Waals surface area contributed by atoms with Crippen molar-refractivity contribution >= 4 is 0 Å². The summed E-state index contributed by atoms with van der Waals surface area (Å²) < 4.78 is 1.17. The van der Waals surface area contributed by atoms with Gasteiger partial charge in [-0.25, -0.2) is 0 Å².